The van der Waals surface area contributed by atoms with Crippen molar-refractivity contribution in [3.8, 4) is 0 Å². The molecular formula is C8H12N6O2. The molecule has 0 aliphatic carbocycles. The van der Waals surface area contributed by atoms with Gasteiger partial charge < -0.3 is 10.6 Å². The molecule has 1 atom stereocenters. The summed E-state index contributed by atoms with van der Waals surface area (Å²) in [5.41, 5.74) is 5.40. The fourth-order valence-corrected chi connectivity index (χ4v) is 1.68. The van der Waals surface area contributed by atoms with Gasteiger partial charge in [-0.05, 0) is 6.42 Å². The molecule has 1 saturated heterocycles. The summed E-state index contributed by atoms with van der Waals surface area (Å²) in [6, 6.07) is -0.437. The molecule has 2 rings (SSSR count). The number of nitrogens with two attached hydrogens (primary N) is 1. The largest absolute Gasteiger partial charge is 0.368 e. The molecule has 86 valence electrons. The molecule has 1 aromatic heterocycles. The first-order chi connectivity index (χ1) is 7.61. The Labute approximate surface area is 91.2 Å². The number of carbonyl (C=O) groups is 2. The van der Waals surface area contributed by atoms with Crippen molar-refractivity contribution in [3.05, 3.63) is 0 Å². The first kappa shape index (κ1) is 10.4. The second kappa shape index (κ2) is 3.80. The number of amides is 2. The molecule has 0 radical (unpaired) electrons. The van der Waals surface area contributed by atoms with Crippen LogP contribution in [0, 0.1) is 0 Å². The first-order valence-electron chi connectivity index (χ1n) is 4.90. The zero-order valence-corrected chi connectivity index (χ0v) is 8.73. The number of nitrogen functional groups attached to an aromatic ring is 1. The van der Waals surface area contributed by atoms with Crippen molar-refractivity contribution < 1.29 is 9.59 Å². The van der Waals surface area contributed by atoms with E-state index >= 15 is 0 Å². The number of imide groups is 1. The van der Waals surface area contributed by atoms with Crippen molar-refractivity contribution in [2.75, 3.05) is 17.2 Å². The maximum absolute atomic E-state index is 11.6. The van der Waals surface area contributed by atoms with Crippen molar-refractivity contribution in [3.63, 3.8) is 0 Å². The van der Waals surface area contributed by atoms with Gasteiger partial charge in [-0.1, -0.05) is 6.92 Å². The number of anilines is 2. The van der Waals surface area contributed by atoms with E-state index in [1.54, 1.807) is 0 Å². The van der Waals surface area contributed by atoms with Crippen LogP contribution in [0.4, 0.5) is 11.9 Å². The summed E-state index contributed by atoms with van der Waals surface area (Å²) in [6.07, 6.45) is 0.563. The molecule has 1 fully saturated rings. The molecule has 0 aromatic carbocycles. The van der Waals surface area contributed by atoms with Crippen LogP contribution in [0.3, 0.4) is 0 Å². The number of nitrogens with zero attached hydrogens (tertiary/aromatic N) is 3. The molecule has 16 heavy (non-hydrogen) atoms. The Hall–Kier alpha value is -2.12. The third kappa shape index (κ3) is 1.69. The van der Waals surface area contributed by atoms with Gasteiger partial charge in [0, 0.05) is 0 Å². The number of H-pyrrole nitrogens is 1. The summed E-state index contributed by atoms with van der Waals surface area (Å²) in [7, 11) is 0. The fraction of sp³-hybridized carbons (Fsp3) is 0.500. The SMILES string of the molecule is CCC1C(=O)NC(=O)CN1c1n[nH]c(N)n1. The number of nitrogens with one attached hydrogen (secondary N) is 2. The highest BCUT2D eigenvalue weighted by atomic mass is 16.2. The molecule has 1 unspecified atom stereocenters. The molecule has 1 aromatic rings. The van der Waals surface area contributed by atoms with E-state index in [-0.39, 0.29) is 30.3 Å². The third-order valence-electron chi connectivity index (χ3n) is 2.39. The Bertz CT molecular complexity index is 428. The maximum atomic E-state index is 11.6. The lowest BCUT2D eigenvalue weighted by Gasteiger charge is -2.32. The normalized spacial score (nSPS) is 21.1. The van der Waals surface area contributed by atoms with Crippen LogP contribution in [0.2, 0.25) is 0 Å². The fourth-order valence-electron chi connectivity index (χ4n) is 1.68. The van der Waals surface area contributed by atoms with Gasteiger partial charge in [0.25, 0.3) is 0 Å². The lowest BCUT2D eigenvalue weighted by molar-refractivity contribution is -0.133. The Kier molecular flexibility index (Phi) is 2.47. The van der Waals surface area contributed by atoms with E-state index in [1.165, 1.54) is 4.90 Å². The van der Waals surface area contributed by atoms with Crippen LogP contribution in [0.5, 0.6) is 0 Å². The topological polar surface area (TPSA) is 117 Å². The smallest absolute Gasteiger partial charge is 0.249 e. The number of hydrogen-bond donors (Lipinski definition) is 3. The number of rotatable bonds is 2. The minimum atomic E-state index is -0.437. The summed E-state index contributed by atoms with van der Waals surface area (Å²) < 4.78 is 0. The first-order valence-corrected chi connectivity index (χ1v) is 4.90. The number of piperazine rings is 1. The monoisotopic (exact) mass is 224 g/mol. The van der Waals surface area contributed by atoms with Crippen molar-refractivity contribution in [2.45, 2.75) is 19.4 Å². The molecule has 2 amide bonds. The molecule has 1 aliphatic rings. The zero-order valence-electron chi connectivity index (χ0n) is 8.73. The van der Waals surface area contributed by atoms with E-state index in [2.05, 4.69) is 20.5 Å². The number of hydrogen-bond acceptors (Lipinski definition) is 6. The highest BCUT2D eigenvalue weighted by Gasteiger charge is 2.34. The quantitative estimate of drug-likeness (QED) is 0.533. The van der Waals surface area contributed by atoms with Gasteiger partial charge in [-0.3, -0.25) is 14.9 Å². The van der Waals surface area contributed by atoms with E-state index in [9.17, 15) is 9.59 Å². The summed E-state index contributed by atoms with van der Waals surface area (Å²) in [6.45, 7) is 1.91. The van der Waals surface area contributed by atoms with Crippen LogP contribution in [-0.4, -0.2) is 39.6 Å². The van der Waals surface area contributed by atoms with Gasteiger partial charge in [-0.25, -0.2) is 5.10 Å². The second-order valence-electron chi connectivity index (χ2n) is 3.49. The number of aromatic nitrogens is 3. The van der Waals surface area contributed by atoms with Gasteiger partial charge in [0.15, 0.2) is 0 Å². The third-order valence-corrected chi connectivity index (χ3v) is 2.39. The average molecular weight is 224 g/mol. The Morgan fingerprint density at radius 1 is 1.56 bits per heavy atom. The van der Waals surface area contributed by atoms with Crippen molar-refractivity contribution in [1.82, 2.24) is 20.5 Å². The average Bonchev–Trinajstić information content (AvgIpc) is 2.63. The summed E-state index contributed by atoms with van der Waals surface area (Å²) in [4.78, 5) is 28.3. The molecule has 0 bridgehead atoms. The number of aromatic amines is 1. The molecular weight excluding hydrogens is 212 g/mol. The van der Waals surface area contributed by atoms with Crippen molar-refractivity contribution in [1.29, 1.82) is 0 Å². The lowest BCUT2D eigenvalue weighted by Crippen LogP contribution is -2.58. The Morgan fingerprint density at radius 2 is 2.31 bits per heavy atom. The Balaban J connectivity index is 2.29. The predicted octanol–water partition coefficient (Wildman–Crippen LogP) is -1.37. The van der Waals surface area contributed by atoms with Crippen LogP contribution in [0.1, 0.15) is 13.3 Å². The number of carbonyl (C=O) groups excluding carboxylic acids is 2. The summed E-state index contributed by atoms with van der Waals surface area (Å²) in [5, 5.41) is 8.58. The molecule has 1 aliphatic heterocycles. The van der Waals surface area contributed by atoms with E-state index < -0.39 is 6.04 Å². The van der Waals surface area contributed by atoms with E-state index in [0.717, 1.165) is 0 Å². The maximum Gasteiger partial charge on any atom is 0.249 e. The van der Waals surface area contributed by atoms with Gasteiger partial charge in [0.2, 0.25) is 23.7 Å². The molecule has 8 nitrogen and oxygen atoms in total. The van der Waals surface area contributed by atoms with Gasteiger partial charge in [0.05, 0.1) is 0 Å². The van der Waals surface area contributed by atoms with Crippen LogP contribution in [0.25, 0.3) is 0 Å². The summed E-state index contributed by atoms with van der Waals surface area (Å²) >= 11 is 0. The predicted molar refractivity (Wildman–Crippen MR) is 55.4 cm³/mol. The highest BCUT2D eigenvalue weighted by molar-refractivity contribution is 6.04. The van der Waals surface area contributed by atoms with Crippen LogP contribution in [-0.2, 0) is 9.59 Å². The Morgan fingerprint density at radius 3 is 2.88 bits per heavy atom. The van der Waals surface area contributed by atoms with Gasteiger partial charge in [-0.2, -0.15) is 4.98 Å². The van der Waals surface area contributed by atoms with E-state index in [4.69, 9.17) is 5.73 Å². The molecule has 0 spiro atoms. The minimum Gasteiger partial charge on any atom is -0.368 e. The van der Waals surface area contributed by atoms with E-state index in [0.29, 0.717) is 6.42 Å². The van der Waals surface area contributed by atoms with Crippen molar-refractivity contribution in [2.24, 2.45) is 0 Å². The van der Waals surface area contributed by atoms with Gasteiger partial charge in [-0.15, -0.1) is 5.10 Å². The minimum absolute atomic E-state index is 0.0571. The standard InChI is InChI=1S/C8H12N6O2/c1-2-4-6(16)10-5(15)3-14(4)8-11-7(9)12-13-8/h4H,2-3H2,1H3,(H,10,15,16)(H3,9,11,12,13). The van der Waals surface area contributed by atoms with Crippen LogP contribution in [0.15, 0.2) is 0 Å². The van der Waals surface area contributed by atoms with E-state index in [1.807, 2.05) is 6.92 Å². The molecule has 4 N–H and O–H groups in total. The molecule has 2 heterocycles. The van der Waals surface area contributed by atoms with Crippen LogP contribution < -0.4 is 16.0 Å². The van der Waals surface area contributed by atoms with Crippen molar-refractivity contribution >= 4 is 23.7 Å². The summed E-state index contributed by atoms with van der Waals surface area (Å²) in [5.74, 6) is -0.268. The lowest BCUT2D eigenvalue weighted by atomic mass is 10.1. The van der Waals surface area contributed by atoms with Gasteiger partial charge >= 0.3 is 0 Å². The second-order valence-corrected chi connectivity index (χ2v) is 3.49. The van der Waals surface area contributed by atoms with Crippen LogP contribution >= 0.6 is 0 Å². The molecule has 0 saturated carbocycles. The van der Waals surface area contributed by atoms with Gasteiger partial charge in [0.1, 0.15) is 12.6 Å². The molecule has 8 heteroatoms. The zero-order chi connectivity index (χ0) is 11.7. The highest BCUT2D eigenvalue weighted by Crippen LogP contribution is 2.16.